The molecule has 41 heavy (non-hydrogen) atoms. The van der Waals surface area contributed by atoms with Gasteiger partial charge < -0.3 is 15.4 Å². The maximum absolute atomic E-state index is 12.8. The van der Waals surface area contributed by atoms with Gasteiger partial charge in [-0.1, -0.05) is 42.5 Å². The molecule has 8 nitrogen and oxygen atoms in total. The van der Waals surface area contributed by atoms with Crippen LogP contribution in [0.15, 0.2) is 102 Å². The number of hydrogen-bond donors (Lipinski definition) is 4. The fourth-order valence-electron chi connectivity index (χ4n) is 4.14. The van der Waals surface area contributed by atoms with Gasteiger partial charge in [0, 0.05) is 36.0 Å². The molecule has 2 aromatic heterocycles. The van der Waals surface area contributed by atoms with Crippen molar-refractivity contribution in [2.24, 2.45) is 0 Å². The van der Waals surface area contributed by atoms with Crippen LogP contribution < -0.4 is 10.0 Å². The average Bonchev–Trinajstić information content (AvgIpc) is 3.42. The number of sulfonamides is 1. The van der Waals surface area contributed by atoms with Gasteiger partial charge in [0.05, 0.1) is 21.8 Å². The summed E-state index contributed by atoms with van der Waals surface area (Å²) >= 11 is 0. The summed E-state index contributed by atoms with van der Waals surface area (Å²) in [5.74, 6) is 1.21. The lowest BCUT2D eigenvalue weighted by Crippen LogP contribution is -2.29. The van der Waals surface area contributed by atoms with Gasteiger partial charge in [-0.25, -0.2) is 23.1 Å². The van der Waals surface area contributed by atoms with E-state index in [9.17, 15) is 26.7 Å². The highest BCUT2D eigenvalue weighted by Gasteiger charge is 2.30. The van der Waals surface area contributed by atoms with E-state index < -0.39 is 21.8 Å². The maximum Gasteiger partial charge on any atom is 0.416 e. The number of anilines is 1. The number of aromatic amines is 1. The lowest BCUT2D eigenvalue weighted by molar-refractivity contribution is -0.137. The largest absolute Gasteiger partial charge is 0.508 e. The monoisotopic (exact) mass is 579 g/mol. The fraction of sp³-hybridized carbons (Fsp3) is 0.103. The van der Waals surface area contributed by atoms with Crippen LogP contribution >= 0.6 is 0 Å². The van der Waals surface area contributed by atoms with Gasteiger partial charge in [-0.05, 0) is 48.5 Å². The molecular weight excluding hydrogens is 555 g/mol. The van der Waals surface area contributed by atoms with E-state index in [1.54, 1.807) is 36.5 Å². The van der Waals surface area contributed by atoms with Gasteiger partial charge in [0.25, 0.3) is 0 Å². The number of imidazole rings is 1. The van der Waals surface area contributed by atoms with Gasteiger partial charge in [0.2, 0.25) is 10.0 Å². The summed E-state index contributed by atoms with van der Waals surface area (Å²) in [7, 11) is -4.00. The predicted octanol–water partition coefficient (Wildman–Crippen LogP) is 5.92. The highest BCUT2D eigenvalue weighted by atomic mass is 32.2. The number of phenols is 1. The normalized spacial score (nSPS) is 11.9. The van der Waals surface area contributed by atoms with E-state index in [4.69, 9.17) is 4.98 Å². The smallest absolute Gasteiger partial charge is 0.416 e. The third kappa shape index (κ3) is 6.56. The quantitative estimate of drug-likeness (QED) is 0.161. The van der Waals surface area contributed by atoms with Gasteiger partial charge in [0.15, 0.2) is 0 Å². The third-order valence-electron chi connectivity index (χ3n) is 6.13. The molecule has 2 heterocycles. The number of halogens is 3. The van der Waals surface area contributed by atoms with E-state index in [0.717, 1.165) is 35.4 Å². The van der Waals surface area contributed by atoms with Crippen LogP contribution in [-0.4, -0.2) is 41.6 Å². The topological polar surface area (TPSA) is 120 Å². The van der Waals surface area contributed by atoms with Gasteiger partial charge in [-0.15, -0.1) is 0 Å². The second-order valence-corrected chi connectivity index (χ2v) is 10.8. The fourth-order valence-corrected chi connectivity index (χ4v) is 5.17. The highest BCUT2D eigenvalue weighted by Crippen LogP contribution is 2.35. The molecule has 5 aromatic rings. The van der Waals surface area contributed by atoms with Crippen LogP contribution in [0.4, 0.5) is 19.0 Å². The van der Waals surface area contributed by atoms with Crippen LogP contribution in [0.25, 0.3) is 33.9 Å². The summed E-state index contributed by atoms with van der Waals surface area (Å²) < 4.78 is 65.7. The number of nitrogens with zero attached hydrogens (tertiary/aromatic N) is 2. The van der Waals surface area contributed by atoms with Crippen molar-refractivity contribution in [2.75, 3.05) is 18.4 Å². The van der Waals surface area contributed by atoms with E-state index in [0.29, 0.717) is 28.6 Å². The zero-order valence-electron chi connectivity index (χ0n) is 21.4. The Bertz CT molecular complexity index is 1760. The zero-order valence-corrected chi connectivity index (χ0v) is 22.2. The lowest BCUT2D eigenvalue weighted by atomic mass is 10.1. The summed E-state index contributed by atoms with van der Waals surface area (Å²) in [6, 6.07) is 23.2. The first-order valence-electron chi connectivity index (χ1n) is 12.4. The molecule has 0 atom stereocenters. The SMILES string of the molecule is O=S(=O)(NCCNc1cc(-c2[nH]c(-c3ccccc3)nc2-c2cccc(O)c2)ccn1)c1ccc(C(F)(F)F)cc1. The molecule has 0 spiro atoms. The number of pyridine rings is 1. The lowest BCUT2D eigenvalue weighted by Gasteiger charge is -2.11. The molecule has 0 bridgehead atoms. The molecule has 4 N–H and O–H groups in total. The average molecular weight is 580 g/mol. The molecule has 0 fully saturated rings. The number of alkyl halides is 3. The summed E-state index contributed by atoms with van der Waals surface area (Å²) in [4.78, 5) is 12.2. The van der Waals surface area contributed by atoms with Crippen LogP contribution in [0.1, 0.15) is 5.56 Å². The summed E-state index contributed by atoms with van der Waals surface area (Å²) in [5.41, 5.74) is 2.74. The maximum atomic E-state index is 12.8. The Hall–Kier alpha value is -4.68. The summed E-state index contributed by atoms with van der Waals surface area (Å²) in [6.07, 6.45) is -2.95. The number of rotatable bonds is 9. The number of H-pyrrole nitrogens is 1. The number of aromatic nitrogens is 3. The van der Waals surface area contributed by atoms with E-state index in [2.05, 4.69) is 20.0 Å². The molecule has 0 radical (unpaired) electrons. The van der Waals surface area contributed by atoms with Crippen LogP contribution in [-0.2, 0) is 16.2 Å². The Morgan fingerprint density at radius 2 is 1.56 bits per heavy atom. The third-order valence-corrected chi connectivity index (χ3v) is 7.61. The molecule has 210 valence electrons. The molecule has 5 rings (SSSR count). The van der Waals surface area contributed by atoms with Crippen LogP contribution in [0, 0.1) is 0 Å². The Morgan fingerprint density at radius 3 is 2.27 bits per heavy atom. The van der Waals surface area contributed by atoms with E-state index in [1.165, 1.54) is 0 Å². The van der Waals surface area contributed by atoms with Gasteiger partial charge in [-0.3, -0.25) is 0 Å². The standard InChI is InChI=1S/C29H24F3N5O3S/c30-29(31,32)22-9-11-24(12-10-22)41(39,40)35-16-15-34-25-18-21(13-14-33-25)27-26(20-7-4-8-23(38)17-20)36-28(37-27)19-5-2-1-3-6-19/h1-14,17-18,35,38H,15-16H2,(H,33,34)(H,36,37). The molecule has 0 aliphatic carbocycles. The molecule has 3 aromatic carbocycles. The molecule has 0 amide bonds. The van der Waals surface area contributed by atoms with E-state index >= 15 is 0 Å². The minimum Gasteiger partial charge on any atom is -0.508 e. The number of hydrogen-bond acceptors (Lipinski definition) is 6. The Labute approximate surface area is 234 Å². The molecule has 0 aliphatic rings. The van der Waals surface area contributed by atoms with Crippen molar-refractivity contribution in [3.8, 4) is 39.7 Å². The number of nitrogens with one attached hydrogen (secondary N) is 3. The molecule has 12 heteroatoms. The molecule has 0 saturated carbocycles. The van der Waals surface area contributed by atoms with Crippen molar-refractivity contribution in [1.82, 2.24) is 19.7 Å². The number of phenolic OH excluding ortho intramolecular Hbond substituents is 1. The van der Waals surface area contributed by atoms with Crippen molar-refractivity contribution in [3.63, 3.8) is 0 Å². The molecular formula is C29H24F3N5O3S. The second kappa shape index (κ2) is 11.4. The Morgan fingerprint density at radius 1 is 0.829 bits per heavy atom. The number of benzene rings is 3. The van der Waals surface area contributed by atoms with Crippen molar-refractivity contribution in [2.45, 2.75) is 11.1 Å². The van der Waals surface area contributed by atoms with Crippen LogP contribution in [0.2, 0.25) is 0 Å². The molecule has 0 unspecified atom stereocenters. The highest BCUT2D eigenvalue weighted by molar-refractivity contribution is 7.89. The van der Waals surface area contributed by atoms with Crippen molar-refractivity contribution < 1.29 is 26.7 Å². The Kier molecular flexibility index (Phi) is 7.77. The first-order valence-corrected chi connectivity index (χ1v) is 13.9. The first-order chi connectivity index (χ1) is 19.6. The van der Waals surface area contributed by atoms with E-state index in [-0.39, 0.29) is 23.7 Å². The van der Waals surface area contributed by atoms with Crippen molar-refractivity contribution >= 4 is 15.8 Å². The minimum atomic E-state index is -4.55. The van der Waals surface area contributed by atoms with Crippen LogP contribution in [0.5, 0.6) is 5.75 Å². The molecule has 0 saturated heterocycles. The van der Waals surface area contributed by atoms with Gasteiger partial charge >= 0.3 is 6.18 Å². The second-order valence-electron chi connectivity index (χ2n) is 9.00. The first kappa shape index (κ1) is 27.9. The van der Waals surface area contributed by atoms with E-state index in [1.807, 2.05) is 36.4 Å². The predicted molar refractivity (Wildman–Crippen MR) is 149 cm³/mol. The van der Waals surface area contributed by atoms with Gasteiger partial charge in [0.1, 0.15) is 17.4 Å². The molecule has 0 aliphatic heterocycles. The zero-order chi connectivity index (χ0) is 29.0. The number of aromatic hydroxyl groups is 1. The Balaban J connectivity index is 1.32. The van der Waals surface area contributed by atoms with Crippen molar-refractivity contribution in [1.29, 1.82) is 0 Å². The van der Waals surface area contributed by atoms with Crippen molar-refractivity contribution in [3.05, 3.63) is 103 Å². The minimum absolute atomic E-state index is 0.0357. The summed E-state index contributed by atoms with van der Waals surface area (Å²) in [6.45, 7) is 0.125. The summed E-state index contributed by atoms with van der Waals surface area (Å²) in [5, 5.41) is 13.1. The van der Waals surface area contributed by atoms with Gasteiger partial charge in [-0.2, -0.15) is 13.2 Å². The van der Waals surface area contributed by atoms with Crippen LogP contribution in [0.3, 0.4) is 0 Å².